The molecular formula is C23H26N4O. The highest BCUT2D eigenvalue weighted by Gasteiger charge is 2.21. The Morgan fingerprint density at radius 3 is 2.11 bits per heavy atom. The van der Waals surface area contributed by atoms with Crippen molar-refractivity contribution in [3.05, 3.63) is 84.3 Å². The van der Waals surface area contributed by atoms with Crippen LogP contribution in [0.2, 0.25) is 0 Å². The molecule has 0 spiro atoms. The van der Waals surface area contributed by atoms with Crippen LogP contribution >= 0.6 is 0 Å². The third-order valence-corrected chi connectivity index (χ3v) is 4.60. The predicted octanol–water partition coefficient (Wildman–Crippen LogP) is 4.69. The van der Waals surface area contributed by atoms with E-state index < -0.39 is 0 Å². The molecule has 28 heavy (non-hydrogen) atoms. The van der Waals surface area contributed by atoms with Crippen LogP contribution in [0.1, 0.15) is 36.8 Å². The molecule has 144 valence electrons. The first-order chi connectivity index (χ1) is 13.6. The second-order valence-corrected chi connectivity index (χ2v) is 6.85. The lowest BCUT2D eigenvalue weighted by Crippen LogP contribution is -2.37. The van der Waals surface area contributed by atoms with Crippen LogP contribution in [0.4, 0.5) is 11.5 Å². The molecule has 0 bridgehead atoms. The fraction of sp³-hybridized carbons (Fsp3) is 0.261. The van der Waals surface area contributed by atoms with Crippen LogP contribution in [-0.2, 0) is 6.54 Å². The molecule has 2 aromatic carbocycles. The molecule has 5 heteroatoms. The number of para-hydroxylation sites is 1. The minimum atomic E-state index is -0.110. The van der Waals surface area contributed by atoms with Gasteiger partial charge in [0.1, 0.15) is 5.69 Å². The fourth-order valence-electron chi connectivity index (χ4n) is 3.07. The summed E-state index contributed by atoms with van der Waals surface area (Å²) in [5.41, 5.74) is 2.50. The van der Waals surface area contributed by atoms with Crippen molar-refractivity contribution in [1.29, 1.82) is 0 Å². The summed E-state index contributed by atoms with van der Waals surface area (Å²) in [5, 5.41) is 0. The second kappa shape index (κ2) is 9.13. The zero-order valence-corrected chi connectivity index (χ0v) is 16.6. The number of nitrogens with zero attached hydrogens (tertiary/aromatic N) is 4. The molecule has 0 saturated carbocycles. The Morgan fingerprint density at radius 2 is 1.57 bits per heavy atom. The smallest absolute Gasteiger partial charge is 0.274 e. The lowest BCUT2D eigenvalue weighted by atomic mass is 10.2. The number of hydrogen-bond acceptors (Lipinski definition) is 4. The lowest BCUT2D eigenvalue weighted by Gasteiger charge is -2.27. The summed E-state index contributed by atoms with van der Waals surface area (Å²) in [6.45, 7) is 7.39. The van der Waals surface area contributed by atoms with Crippen molar-refractivity contribution >= 4 is 17.4 Å². The van der Waals surface area contributed by atoms with Crippen molar-refractivity contribution < 1.29 is 4.79 Å². The van der Waals surface area contributed by atoms with E-state index in [9.17, 15) is 4.79 Å². The summed E-state index contributed by atoms with van der Waals surface area (Å²) in [6, 6.07) is 20.1. The van der Waals surface area contributed by atoms with Gasteiger partial charge in [-0.25, -0.2) is 9.97 Å². The van der Waals surface area contributed by atoms with Crippen LogP contribution in [0.5, 0.6) is 0 Å². The third-order valence-electron chi connectivity index (χ3n) is 4.60. The zero-order chi connectivity index (χ0) is 19.9. The quantitative estimate of drug-likeness (QED) is 0.602. The Labute approximate surface area is 166 Å². The molecule has 1 amide bonds. The van der Waals surface area contributed by atoms with Gasteiger partial charge in [0.05, 0.1) is 12.4 Å². The van der Waals surface area contributed by atoms with E-state index in [2.05, 4.69) is 21.8 Å². The van der Waals surface area contributed by atoms with Gasteiger partial charge in [0.2, 0.25) is 0 Å². The van der Waals surface area contributed by atoms with Crippen molar-refractivity contribution in [2.24, 2.45) is 0 Å². The van der Waals surface area contributed by atoms with E-state index in [1.807, 2.05) is 79.4 Å². The van der Waals surface area contributed by atoms with Gasteiger partial charge in [-0.1, -0.05) is 48.5 Å². The normalized spacial score (nSPS) is 10.7. The Morgan fingerprint density at radius 1 is 0.929 bits per heavy atom. The SMILES string of the molecule is CCN(c1ccccc1)c1cnc(C(=O)N(Cc2ccccc2)C(C)C)cn1. The molecule has 0 aliphatic carbocycles. The fourth-order valence-corrected chi connectivity index (χ4v) is 3.07. The predicted molar refractivity (Wildman–Crippen MR) is 113 cm³/mol. The molecular weight excluding hydrogens is 348 g/mol. The summed E-state index contributed by atoms with van der Waals surface area (Å²) < 4.78 is 0. The Hall–Kier alpha value is -3.21. The highest BCUT2D eigenvalue weighted by Crippen LogP contribution is 2.22. The number of carbonyl (C=O) groups is 1. The lowest BCUT2D eigenvalue weighted by molar-refractivity contribution is 0.0684. The molecule has 0 aliphatic rings. The van der Waals surface area contributed by atoms with E-state index in [-0.39, 0.29) is 11.9 Å². The maximum absolute atomic E-state index is 13.0. The van der Waals surface area contributed by atoms with E-state index in [0.717, 1.165) is 23.6 Å². The molecule has 0 radical (unpaired) electrons. The number of benzene rings is 2. The van der Waals surface area contributed by atoms with E-state index in [4.69, 9.17) is 0 Å². The molecule has 0 fully saturated rings. The largest absolute Gasteiger partial charge is 0.331 e. The standard InChI is InChI=1S/C23H26N4O/c1-4-26(20-13-9-6-10-14-20)22-16-24-21(15-25-22)23(28)27(18(2)3)17-19-11-7-5-8-12-19/h5-16,18H,4,17H2,1-3H3. The van der Waals surface area contributed by atoms with Gasteiger partial charge in [-0.3, -0.25) is 4.79 Å². The van der Waals surface area contributed by atoms with Crippen LogP contribution < -0.4 is 4.90 Å². The van der Waals surface area contributed by atoms with Crippen LogP contribution in [0.25, 0.3) is 0 Å². The van der Waals surface area contributed by atoms with Gasteiger partial charge >= 0.3 is 0 Å². The zero-order valence-electron chi connectivity index (χ0n) is 16.6. The van der Waals surface area contributed by atoms with Gasteiger partial charge in [-0.2, -0.15) is 0 Å². The molecule has 3 aromatic rings. The molecule has 3 rings (SSSR count). The third kappa shape index (κ3) is 4.55. The van der Waals surface area contributed by atoms with Gasteiger partial charge in [0.25, 0.3) is 5.91 Å². The Bertz CT molecular complexity index is 879. The van der Waals surface area contributed by atoms with E-state index in [1.165, 1.54) is 0 Å². The summed E-state index contributed by atoms with van der Waals surface area (Å²) in [6.07, 6.45) is 3.24. The molecule has 0 saturated heterocycles. The van der Waals surface area contributed by atoms with Gasteiger partial charge in [0.15, 0.2) is 5.82 Å². The average Bonchev–Trinajstić information content (AvgIpc) is 2.74. The number of anilines is 2. The van der Waals surface area contributed by atoms with Crippen molar-refractivity contribution in [2.45, 2.75) is 33.4 Å². The maximum Gasteiger partial charge on any atom is 0.274 e. The van der Waals surface area contributed by atoms with E-state index >= 15 is 0 Å². The van der Waals surface area contributed by atoms with Gasteiger partial charge in [-0.15, -0.1) is 0 Å². The summed E-state index contributed by atoms with van der Waals surface area (Å²) in [4.78, 5) is 25.8. The van der Waals surface area contributed by atoms with Crippen molar-refractivity contribution in [1.82, 2.24) is 14.9 Å². The van der Waals surface area contributed by atoms with Gasteiger partial charge in [0, 0.05) is 24.8 Å². The topological polar surface area (TPSA) is 49.3 Å². The minimum Gasteiger partial charge on any atom is -0.331 e. The number of hydrogen-bond donors (Lipinski definition) is 0. The van der Waals surface area contributed by atoms with Crippen LogP contribution in [-0.4, -0.2) is 33.4 Å². The van der Waals surface area contributed by atoms with Crippen molar-refractivity contribution in [3.8, 4) is 0 Å². The Balaban J connectivity index is 1.80. The van der Waals surface area contributed by atoms with Crippen LogP contribution in [0.3, 0.4) is 0 Å². The van der Waals surface area contributed by atoms with Crippen LogP contribution in [0, 0.1) is 0 Å². The first-order valence-corrected chi connectivity index (χ1v) is 9.59. The monoisotopic (exact) mass is 374 g/mol. The second-order valence-electron chi connectivity index (χ2n) is 6.85. The highest BCUT2D eigenvalue weighted by molar-refractivity contribution is 5.92. The van der Waals surface area contributed by atoms with Gasteiger partial charge < -0.3 is 9.80 Å². The first-order valence-electron chi connectivity index (χ1n) is 9.59. The molecule has 1 heterocycles. The molecule has 0 aliphatic heterocycles. The van der Waals surface area contributed by atoms with E-state index in [1.54, 1.807) is 12.4 Å². The number of amides is 1. The van der Waals surface area contributed by atoms with E-state index in [0.29, 0.717) is 12.2 Å². The van der Waals surface area contributed by atoms with Crippen LogP contribution in [0.15, 0.2) is 73.1 Å². The molecule has 1 aromatic heterocycles. The maximum atomic E-state index is 13.0. The number of carbonyl (C=O) groups excluding carboxylic acids is 1. The molecule has 0 unspecified atom stereocenters. The molecule has 0 atom stereocenters. The summed E-state index contributed by atoms with van der Waals surface area (Å²) in [7, 11) is 0. The number of rotatable bonds is 7. The van der Waals surface area contributed by atoms with Gasteiger partial charge in [-0.05, 0) is 38.5 Å². The summed E-state index contributed by atoms with van der Waals surface area (Å²) >= 11 is 0. The highest BCUT2D eigenvalue weighted by atomic mass is 16.2. The molecule has 0 N–H and O–H groups in total. The first kappa shape index (κ1) is 19.5. The van der Waals surface area contributed by atoms with Crippen molar-refractivity contribution in [3.63, 3.8) is 0 Å². The number of aromatic nitrogens is 2. The average molecular weight is 374 g/mol. The summed E-state index contributed by atoms with van der Waals surface area (Å²) in [5.74, 6) is 0.616. The minimum absolute atomic E-state index is 0.0608. The molecule has 5 nitrogen and oxygen atoms in total. The Kier molecular flexibility index (Phi) is 6.37. The van der Waals surface area contributed by atoms with Crippen molar-refractivity contribution in [2.75, 3.05) is 11.4 Å².